The lowest BCUT2D eigenvalue weighted by atomic mass is 10.2. The summed E-state index contributed by atoms with van der Waals surface area (Å²) in [5.41, 5.74) is 7.79. The molecule has 0 aliphatic rings. The normalized spacial score (nSPS) is 10.1. The molecule has 1 aromatic carbocycles. The van der Waals surface area contributed by atoms with E-state index < -0.39 is 0 Å². The molecule has 82 valence electrons. The fourth-order valence-corrected chi connectivity index (χ4v) is 1.63. The van der Waals surface area contributed by atoms with Crippen molar-refractivity contribution in [1.29, 1.82) is 0 Å². The molecule has 16 heavy (non-hydrogen) atoms. The van der Waals surface area contributed by atoms with Gasteiger partial charge in [-0.15, -0.1) is 0 Å². The molecule has 3 N–H and O–H groups in total. The molecular formula is C11H11BrN4. The molecule has 0 saturated heterocycles. The smallest absolute Gasteiger partial charge is 0.173 e. The van der Waals surface area contributed by atoms with E-state index in [-0.39, 0.29) is 0 Å². The zero-order chi connectivity index (χ0) is 11.5. The van der Waals surface area contributed by atoms with E-state index in [1.165, 1.54) is 5.56 Å². The van der Waals surface area contributed by atoms with E-state index in [9.17, 15) is 0 Å². The number of nitrogens with one attached hydrogen (secondary N) is 1. The average molecular weight is 279 g/mol. The number of hydrogen-bond acceptors (Lipinski definition) is 4. The highest BCUT2D eigenvalue weighted by atomic mass is 79.9. The average Bonchev–Trinajstić information content (AvgIpc) is 2.27. The van der Waals surface area contributed by atoms with E-state index in [2.05, 4.69) is 31.2 Å². The molecule has 4 nitrogen and oxygen atoms in total. The fraction of sp³-hybridized carbons (Fsp3) is 0.0909. The molecule has 2 rings (SSSR count). The van der Waals surface area contributed by atoms with E-state index in [4.69, 9.17) is 5.73 Å². The Balaban J connectivity index is 2.28. The van der Waals surface area contributed by atoms with E-state index in [0.29, 0.717) is 11.6 Å². The van der Waals surface area contributed by atoms with Crippen LogP contribution in [-0.4, -0.2) is 9.97 Å². The summed E-state index contributed by atoms with van der Waals surface area (Å²) in [5, 5.41) is 3.11. The highest BCUT2D eigenvalue weighted by Gasteiger charge is 2.02. The molecule has 0 unspecified atom stereocenters. The molecule has 0 fully saturated rings. The molecule has 0 spiro atoms. The van der Waals surface area contributed by atoms with Crippen LogP contribution in [0.2, 0.25) is 0 Å². The summed E-state index contributed by atoms with van der Waals surface area (Å²) in [6.45, 7) is 2.03. The number of benzene rings is 1. The SMILES string of the molecule is Cc1ccc(Nc2nccnc2N)cc1Br. The first-order chi connectivity index (χ1) is 7.66. The van der Waals surface area contributed by atoms with Crippen molar-refractivity contribution in [3.63, 3.8) is 0 Å². The van der Waals surface area contributed by atoms with Crippen LogP contribution in [0.4, 0.5) is 17.3 Å². The number of aryl methyl sites for hydroxylation is 1. The van der Waals surface area contributed by atoms with Crippen molar-refractivity contribution in [2.75, 3.05) is 11.1 Å². The first-order valence-corrected chi connectivity index (χ1v) is 5.56. The molecule has 0 atom stereocenters. The predicted octanol–water partition coefficient (Wildman–Crippen LogP) is 2.87. The van der Waals surface area contributed by atoms with Gasteiger partial charge in [0.05, 0.1) is 0 Å². The van der Waals surface area contributed by atoms with Crippen molar-refractivity contribution in [2.45, 2.75) is 6.92 Å². The summed E-state index contributed by atoms with van der Waals surface area (Å²) >= 11 is 3.47. The highest BCUT2D eigenvalue weighted by Crippen LogP contribution is 2.24. The Hall–Kier alpha value is -1.62. The Labute approximate surface area is 102 Å². The van der Waals surface area contributed by atoms with Crippen molar-refractivity contribution in [2.24, 2.45) is 0 Å². The number of rotatable bonds is 2. The minimum atomic E-state index is 0.388. The zero-order valence-corrected chi connectivity index (χ0v) is 10.3. The second kappa shape index (κ2) is 4.49. The summed E-state index contributed by atoms with van der Waals surface area (Å²) < 4.78 is 1.04. The van der Waals surface area contributed by atoms with Gasteiger partial charge in [-0.25, -0.2) is 9.97 Å². The summed E-state index contributed by atoms with van der Waals surface area (Å²) in [4.78, 5) is 8.07. The van der Waals surface area contributed by atoms with Gasteiger partial charge in [0.2, 0.25) is 0 Å². The standard InChI is InChI=1S/C11H11BrN4/c1-7-2-3-8(6-9(7)12)16-11-10(13)14-4-5-15-11/h2-6H,1H3,(H2,13,14)(H,15,16). The molecule has 1 aromatic heterocycles. The van der Waals surface area contributed by atoms with Gasteiger partial charge < -0.3 is 11.1 Å². The van der Waals surface area contributed by atoms with E-state index in [1.807, 2.05) is 25.1 Å². The highest BCUT2D eigenvalue weighted by molar-refractivity contribution is 9.10. The van der Waals surface area contributed by atoms with Crippen LogP contribution in [0.3, 0.4) is 0 Å². The third-order valence-corrected chi connectivity index (χ3v) is 3.02. The van der Waals surface area contributed by atoms with Gasteiger partial charge in [-0.1, -0.05) is 22.0 Å². The Bertz CT molecular complexity index is 513. The summed E-state index contributed by atoms with van der Waals surface area (Å²) in [5.74, 6) is 0.956. The third-order valence-electron chi connectivity index (χ3n) is 2.16. The Morgan fingerprint density at radius 3 is 2.69 bits per heavy atom. The lowest BCUT2D eigenvalue weighted by molar-refractivity contribution is 1.21. The summed E-state index contributed by atoms with van der Waals surface area (Å²) in [7, 11) is 0. The minimum absolute atomic E-state index is 0.388. The van der Waals surface area contributed by atoms with Gasteiger partial charge in [0, 0.05) is 22.6 Å². The zero-order valence-electron chi connectivity index (χ0n) is 8.74. The molecule has 5 heteroatoms. The number of nitrogen functional groups attached to an aromatic ring is 1. The van der Waals surface area contributed by atoms with Gasteiger partial charge in [-0.3, -0.25) is 0 Å². The van der Waals surface area contributed by atoms with Gasteiger partial charge in [-0.2, -0.15) is 0 Å². The second-order valence-corrected chi connectivity index (χ2v) is 4.23. The van der Waals surface area contributed by atoms with E-state index in [1.54, 1.807) is 12.4 Å². The molecular weight excluding hydrogens is 268 g/mol. The minimum Gasteiger partial charge on any atom is -0.381 e. The lowest BCUT2D eigenvalue weighted by Gasteiger charge is -2.08. The van der Waals surface area contributed by atoms with Crippen molar-refractivity contribution in [3.05, 3.63) is 40.6 Å². The van der Waals surface area contributed by atoms with Crippen LogP contribution in [-0.2, 0) is 0 Å². The molecule has 0 saturated carbocycles. The molecule has 0 radical (unpaired) electrons. The number of nitrogens with two attached hydrogens (primary N) is 1. The van der Waals surface area contributed by atoms with Gasteiger partial charge in [0.1, 0.15) is 0 Å². The Morgan fingerprint density at radius 2 is 2.00 bits per heavy atom. The maximum atomic E-state index is 5.69. The van der Waals surface area contributed by atoms with Crippen LogP contribution in [0.25, 0.3) is 0 Å². The van der Waals surface area contributed by atoms with E-state index >= 15 is 0 Å². The van der Waals surface area contributed by atoms with Crippen LogP contribution in [0.5, 0.6) is 0 Å². The largest absolute Gasteiger partial charge is 0.381 e. The maximum Gasteiger partial charge on any atom is 0.173 e. The van der Waals surface area contributed by atoms with Crippen molar-refractivity contribution in [1.82, 2.24) is 9.97 Å². The monoisotopic (exact) mass is 278 g/mol. The lowest BCUT2D eigenvalue weighted by Crippen LogP contribution is -2.00. The molecule has 1 heterocycles. The number of nitrogens with zero attached hydrogens (tertiary/aromatic N) is 2. The first-order valence-electron chi connectivity index (χ1n) is 4.76. The van der Waals surface area contributed by atoms with E-state index in [0.717, 1.165) is 10.2 Å². The topological polar surface area (TPSA) is 63.8 Å². The van der Waals surface area contributed by atoms with Crippen LogP contribution < -0.4 is 11.1 Å². The van der Waals surface area contributed by atoms with Crippen LogP contribution in [0.1, 0.15) is 5.56 Å². The third kappa shape index (κ3) is 2.30. The van der Waals surface area contributed by atoms with Gasteiger partial charge >= 0.3 is 0 Å². The number of halogens is 1. The van der Waals surface area contributed by atoms with Gasteiger partial charge in [-0.05, 0) is 24.6 Å². The molecule has 0 aliphatic carbocycles. The van der Waals surface area contributed by atoms with Crippen LogP contribution in [0, 0.1) is 6.92 Å². The molecule has 0 amide bonds. The number of hydrogen-bond donors (Lipinski definition) is 2. The molecule has 0 aliphatic heterocycles. The maximum absolute atomic E-state index is 5.69. The molecule has 0 bridgehead atoms. The van der Waals surface area contributed by atoms with Gasteiger partial charge in [0.15, 0.2) is 11.6 Å². The quantitative estimate of drug-likeness (QED) is 0.887. The Morgan fingerprint density at radius 1 is 1.25 bits per heavy atom. The number of anilines is 3. The van der Waals surface area contributed by atoms with Crippen LogP contribution >= 0.6 is 15.9 Å². The summed E-state index contributed by atoms with van der Waals surface area (Å²) in [6, 6.07) is 5.96. The molecule has 2 aromatic rings. The summed E-state index contributed by atoms with van der Waals surface area (Å²) in [6.07, 6.45) is 3.16. The van der Waals surface area contributed by atoms with Crippen molar-refractivity contribution >= 4 is 33.3 Å². The van der Waals surface area contributed by atoms with Gasteiger partial charge in [0.25, 0.3) is 0 Å². The Kier molecular flexibility index (Phi) is 3.05. The second-order valence-electron chi connectivity index (χ2n) is 3.38. The first kappa shape index (κ1) is 10.9. The van der Waals surface area contributed by atoms with Crippen molar-refractivity contribution in [3.8, 4) is 0 Å². The fourth-order valence-electron chi connectivity index (χ4n) is 1.25. The predicted molar refractivity (Wildman–Crippen MR) is 68.6 cm³/mol. The number of aromatic nitrogens is 2. The van der Waals surface area contributed by atoms with Crippen molar-refractivity contribution < 1.29 is 0 Å². The van der Waals surface area contributed by atoms with Crippen LogP contribution in [0.15, 0.2) is 35.1 Å².